The molecular weight excluding hydrogens is 391 g/mol. The average molecular weight is 407 g/mol. The second kappa shape index (κ2) is 7.77. The summed E-state index contributed by atoms with van der Waals surface area (Å²) in [7, 11) is 0. The molecule has 0 saturated carbocycles. The van der Waals surface area contributed by atoms with Crippen LogP contribution in [0.3, 0.4) is 0 Å². The fourth-order valence-electron chi connectivity index (χ4n) is 2.80. The second-order valence-electron chi connectivity index (χ2n) is 6.11. The fraction of sp³-hybridized carbons (Fsp3) is 0.235. The van der Waals surface area contributed by atoms with Crippen molar-refractivity contribution in [2.24, 2.45) is 0 Å². The van der Waals surface area contributed by atoms with E-state index in [0.29, 0.717) is 16.9 Å². The zero-order chi connectivity index (χ0) is 20.4. The maximum atomic E-state index is 13.9. The number of hydrogen-bond acceptors (Lipinski definition) is 5. The molecule has 2 aromatic heterocycles. The van der Waals surface area contributed by atoms with E-state index >= 15 is 0 Å². The molecule has 0 spiro atoms. The van der Waals surface area contributed by atoms with E-state index in [9.17, 15) is 19.3 Å². The Hall–Kier alpha value is -3.27. The Morgan fingerprint density at radius 3 is 2.79 bits per heavy atom. The first-order chi connectivity index (χ1) is 13.3. The topological polar surface area (TPSA) is 108 Å². The molecule has 0 saturated heterocycles. The molecule has 0 bridgehead atoms. The predicted molar refractivity (Wildman–Crippen MR) is 99.7 cm³/mol. The van der Waals surface area contributed by atoms with Gasteiger partial charge in [0.25, 0.3) is 0 Å². The van der Waals surface area contributed by atoms with Crippen LogP contribution in [-0.2, 0) is 17.9 Å². The summed E-state index contributed by atoms with van der Waals surface area (Å²) >= 11 is 6.00. The third-order valence-electron chi connectivity index (χ3n) is 4.12. The van der Waals surface area contributed by atoms with Crippen molar-refractivity contribution >= 4 is 28.9 Å². The van der Waals surface area contributed by atoms with Gasteiger partial charge in [0.1, 0.15) is 23.7 Å². The van der Waals surface area contributed by atoms with E-state index in [4.69, 9.17) is 11.6 Å². The first-order valence-electron chi connectivity index (χ1n) is 8.20. The van der Waals surface area contributed by atoms with Crippen LogP contribution in [0.4, 0.5) is 15.8 Å². The normalized spacial score (nSPS) is 10.9. The van der Waals surface area contributed by atoms with E-state index in [-0.39, 0.29) is 29.5 Å². The van der Waals surface area contributed by atoms with Crippen LogP contribution in [0.25, 0.3) is 0 Å². The Bertz CT molecular complexity index is 1040. The van der Waals surface area contributed by atoms with Gasteiger partial charge in [0.05, 0.1) is 23.4 Å². The third-order valence-corrected chi connectivity index (χ3v) is 4.47. The molecular formula is C17H16ClFN6O3. The van der Waals surface area contributed by atoms with Gasteiger partial charge >= 0.3 is 5.69 Å². The number of carbonyl (C=O) groups is 1. The number of amides is 1. The van der Waals surface area contributed by atoms with Crippen molar-refractivity contribution in [1.82, 2.24) is 19.6 Å². The van der Waals surface area contributed by atoms with Crippen molar-refractivity contribution < 1.29 is 14.1 Å². The minimum Gasteiger partial charge on any atom is -0.322 e. The van der Waals surface area contributed by atoms with Gasteiger partial charge in [-0.2, -0.15) is 10.2 Å². The van der Waals surface area contributed by atoms with Gasteiger partial charge in [-0.3, -0.25) is 24.3 Å². The Morgan fingerprint density at radius 1 is 1.39 bits per heavy atom. The molecule has 0 unspecified atom stereocenters. The second-order valence-corrected chi connectivity index (χ2v) is 6.52. The number of halogens is 2. The van der Waals surface area contributed by atoms with Crippen LogP contribution in [0.2, 0.25) is 5.02 Å². The number of benzene rings is 1. The lowest BCUT2D eigenvalue weighted by Gasteiger charge is -2.06. The van der Waals surface area contributed by atoms with Crippen LogP contribution in [0.15, 0.2) is 30.6 Å². The standard InChI is InChI=1S/C17H16ClFN6O3/c1-10-17(25(27)28)11(2)24(22-10)9-16(26)21-12-6-20-23(7-12)8-13-14(18)4-3-5-15(13)19/h3-7H,8-9H2,1-2H3,(H,21,26). The van der Waals surface area contributed by atoms with Crippen molar-refractivity contribution in [3.63, 3.8) is 0 Å². The Morgan fingerprint density at radius 2 is 2.14 bits per heavy atom. The maximum Gasteiger partial charge on any atom is 0.312 e. The van der Waals surface area contributed by atoms with Gasteiger partial charge < -0.3 is 5.32 Å². The highest BCUT2D eigenvalue weighted by molar-refractivity contribution is 6.31. The van der Waals surface area contributed by atoms with Crippen molar-refractivity contribution in [2.75, 3.05) is 5.32 Å². The summed E-state index contributed by atoms with van der Waals surface area (Å²) in [5, 5.41) is 22.1. The minimum absolute atomic E-state index is 0.102. The highest BCUT2D eigenvalue weighted by Crippen LogP contribution is 2.22. The number of nitrogens with zero attached hydrogens (tertiary/aromatic N) is 5. The molecule has 0 radical (unpaired) electrons. The van der Waals surface area contributed by atoms with Gasteiger partial charge in [-0.15, -0.1) is 0 Å². The molecule has 0 fully saturated rings. The Labute approximate surface area is 163 Å². The summed E-state index contributed by atoms with van der Waals surface area (Å²) in [5.74, 6) is -0.872. The van der Waals surface area contributed by atoms with E-state index < -0.39 is 16.6 Å². The summed E-state index contributed by atoms with van der Waals surface area (Å²) in [4.78, 5) is 22.8. The Kier molecular flexibility index (Phi) is 5.41. The Balaban J connectivity index is 1.68. The SMILES string of the molecule is Cc1nn(CC(=O)Nc2cnn(Cc3c(F)cccc3Cl)c2)c(C)c1[N+](=O)[O-]. The monoisotopic (exact) mass is 406 g/mol. The maximum absolute atomic E-state index is 13.9. The summed E-state index contributed by atoms with van der Waals surface area (Å²) in [6, 6.07) is 4.40. The van der Waals surface area contributed by atoms with Crippen LogP contribution in [0, 0.1) is 29.8 Å². The smallest absolute Gasteiger partial charge is 0.312 e. The quantitative estimate of drug-likeness (QED) is 0.500. The lowest BCUT2D eigenvalue weighted by atomic mass is 10.2. The summed E-state index contributed by atoms with van der Waals surface area (Å²) < 4.78 is 16.6. The number of anilines is 1. The summed E-state index contributed by atoms with van der Waals surface area (Å²) in [6.45, 7) is 2.95. The summed E-state index contributed by atoms with van der Waals surface area (Å²) in [5.41, 5.74) is 1.11. The molecule has 1 aromatic carbocycles. The third kappa shape index (κ3) is 4.01. The molecule has 146 valence electrons. The van der Waals surface area contributed by atoms with Crippen LogP contribution in [0.1, 0.15) is 17.0 Å². The van der Waals surface area contributed by atoms with Crippen LogP contribution < -0.4 is 5.32 Å². The molecule has 0 aliphatic heterocycles. The van der Waals surface area contributed by atoms with Gasteiger partial charge in [-0.05, 0) is 26.0 Å². The molecule has 1 amide bonds. The molecule has 0 atom stereocenters. The number of aromatic nitrogens is 4. The van der Waals surface area contributed by atoms with Crippen LogP contribution in [-0.4, -0.2) is 30.4 Å². The molecule has 1 N–H and O–H groups in total. The highest BCUT2D eigenvalue weighted by Gasteiger charge is 2.22. The molecule has 28 heavy (non-hydrogen) atoms. The number of rotatable bonds is 6. The number of nitrogens with one attached hydrogen (secondary N) is 1. The number of hydrogen-bond donors (Lipinski definition) is 1. The van der Waals surface area contributed by atoms with Crippen LogP contribution in [0.5, 0.6) is 0 Å². The van der Waals surface area contributed by atoms with Gasteiger partial charge in [0.2, 0.25) is 5.91 Å². The average Bonchev–Trinajstić information content (AvgIpc) is 3.15. The molecule has 3 rings (SSSR count). The molecule has 11 heteroatoms. The first-order valence-corrected chi connectivity index (χ1v) is 8.57. The zero-order valence-electron chi connectivity index (χ0n) is 15.0. The molecule has 0 aliphatic rings. The fourth-order valence-corrected chi connectivity index (χ4v) is 3.02. The molecule has 9 nitrogen and oxygen atoms in total. The molecule has 2 heterocycles. The number of aryl methyl sites for hydroxylation is 1. The van der Waals surface area contributed by atoms with E-state index in [1.165, 1.54) is 47.7 Å². The van der Waals surface area contributed by atoms with Crippen LogP contribution >= 0.6 is 11.6 Å². The lowest BCUT2D eigenvalue weighted by molar-refractivity contribution is -0.386. The van der Waals surface area contributed by atoms with E-state index in [2.05, 4.69) is 15.5 Å². The highest BCUT2D eigenvalue weighted by atomic mass is 35.5. The minimum atomic E-state index is -0.524. The van der Waals surface area contributed by atoms with Gasteiger partial charge in [-0.1, -0.05) is 17.7 Å². The zero-order valence-corrected chi connectivity index (χ0v) is 15.8. The first kappa shape index (κ1) is 19.5. The molecule has 0 aliphatic carbocycles. The van der Waals surface area contributed by atoms with E-state index in [0.717, 1.165) is 0 Å². The predicted octanol–water partition coefficient (Wildman–Crippen LogP) is 3.08. The van der Waals surface area contributed by atoms with Gasteiger partial charge in [0, 0.05) is 16.8 Å². The molecule has 3 aromatic rings. The summed E-state index contributed by atoms with van der Waals surface area (Å²) in [6.07, 6.45) is 2.95. The largest absolute Gasteiger partial charge is 0.322 e. The van der Waals surface area contributed by atoms with Crippen molar-refractivity contribution in [3.05, 3.63) is 68.5 Å². The van der Waals surface area contributed by atoms with E-state index in [1.807, 2.05) is 0 Å². The lowest BCUT2D eigenvalue weighted by Crippen LogP contribution is -2.20. The van der Waals surface area contributed by atoms with E-state index in [1.54, 1.807) is 6.07 Å². The van der Waals surface area contributed by atoms with Gasteiger partial charge in [-0.25, -0.2) is 4.39 Å². The van der Waals surface area contributed by atoms with Crippen molar-refractivity contribution in [1.29, 1.82) is 0 Å². The van der Waals surface area contributed by atoms with Crippen molar-refractivity contribution in [2.45, 2.75) is 26.9 Å². The number of nitro groups is 1. The van der Waals surface area contributed by atoms with Gasteiger partial charge in [0.15, 0.2) is 0 Å². The number of carbonyl (C=O) groups excluding carboxylic acids is 1. The van der Waals surface area contributed by atoms with Crippen molar-refractivity contribution in [3.8, 4) is 0 Å².